The summed E-state index contributed by atoms with van der Waals surface area (Å²) >= 11 is 0. The number of aromatic amines is 1. The van der Waals surface area contributed by atoms with Gasteiger partial charge < -0.3 is 15.1 Å². The van der Waals surface area contributed by atoms with Crippen molar-refractivity contribution in [2.45, 2.75) is 16.3 Å². The molecule has 1 amide bonds. The maximum atomic E-state index is 13.0. The van der Waals surface area contributed by atoms with E-state index >= 15 is 0 Å². The summed E-state index contributed by atoms with van der Waals surface area (Å²) in [6.07, 6.45) is 5.74. The predicted molar refractivity (Wildman–Crippen MR) is 129 cm³/mol. The van der Waals surface area contributed by atoms with Gasteiger partial charge in [0.1, 0.15) is 5.82 Å². The molecule has 11 nitrogen and oxygen atoms in total. The molecule has 180 valence electrons. The van der Waals surface area contributed by atoms with E-state index in [9.17, 15) is 13.2 Å². The minimum atomic E-state index is -3.76. The van der Waals surface area contributed by atoms with E-state index < -0.39 is 9.84 Å². The maximum absolute atomic E-state index is 13.0. The molecule has 1 aliphatic rings. The highest BCUT2D eigenvalue weighted by atomic mass is 32.2. The Bertz CT molecular complexity index is 1440. The molecule has 0 saturated carbocycles. The molecule has 0 atom stereocenters. The highest BCUT2D eigenvalue weighted by molar-refractivity contribution is 7.91. The number of carbonyl (C=O) groups is 1. The lowest BCUT2D eigenvalue weighted by molar-refractivity contribution is 0.0950. The molecule has 1 saturated heterocycles. The molecule has 0 aliphatic carbocycles. The first-order valence-electron chi connectivity index (χ1n) is 11.1. The summed E-state index contributed by atoms with van der Waals surface area (Å²) in [5, 5.41) is 10.1. The number of rotatable bonds is 6. The molecule has 5 heterocycles. The number of likely N-dealkylation sites (N-methyl/N-ethyl adjacent to an activating group) is 1. The highest BCUT2D eigenvalue weighted by Gasteiger charge is 2.21. The van der Waals surface area contributed by atoms with Gasteiger partial charge in [-0.1, -0.05) is 0 Å². The average molecular weight is 493 g/mol. The van der Waals surface area contributed by atoms with Crippen LogP contribution in [-0.2, 0) is 16.4 Å². The van der Waals surface area contributed by atoms with Crippen molar-refractivity contribution < 1.29 is 13.2 Å². The van der Waals surface area contributed by atoms with Crippen molar-refractivity contribution in [2.24, 2.45) is 0 Å². The number of carbonyl (C=O) groups excluding carboxylic acids is 1. The topological polar surface area (TPSA) is 137 Å². The van der Waals surface area contributed by atoms with Crippen LogP contribution in [0.2, 0.25) is 0 Å². The normalized spacial score (nSPS) is 14.8. The van der Waals surface area contributed by atoms with Crippen LogP contribution in [0.5, 0.6) is 0 Å². The molecule has 12 heteroatoms. The fourth-order valence-electron chi connectivity index (χ4n) is 3.80. The number of nitrogens with zero attached hydrogens (tertiary/aromatic N) is 6. The third kappa shape index (κ3) is 4.84. The second kappa shape index (κ2) is 9.39. The molecule has 0 aromatic carbocycles. The Morgan fingerprint density at radius 1 is 0.971 bits per heavy atom. The van der Waals surface area contributed by atoms with Crippen LogP contribution < -0.4 is 10.2 Å². The van der Waals surface area contributed by atoms with Crippen LogP contribution >= 0.6 is 0 Å². The van der Waals surface area contributed by atoms with Crippen molar-refractivity contribution in [1.82, 2.24) is 35.4 Å². The van der Waals surface area contributed by atoms with Gasteiger partial charge in [0.15, 0.2) is 5.65 Å². The summed E-state index contributed by atoms with van der Waals surface area (Å²) in [5.74, 6) is 0.453. The van der Waals surface area contributed by atoms with Crippen LogP contribution in [0.1, 0.15) is 16.1 Å². The van der Waals surface area contributed by atoms with Crippen molar-refractivity contribution in [2.75, 3.05) is 38.1 Å². The molecule has 0 unspecified atom stereocenters. The van der Waals surface area contributed by atoms with E-state index in [0.29, 0.717) is 16.9 Å². The van der Waals surface area contributed by atoms with E-state index in [1.165, 1.54) is 24.7 Å². The fourth-order valence-corrected chi connectivity index (χ4v) is 4.95. The van der Waals surface area contributed by atoms with Gasteiger partial charge in [-0.15, -0.1) is 0 Å². The predicted octanol–water partition coefficient (Wildman–Crippen LogP) is 1.26. The van der Waals surface area contributed by atoms with Gasteiger partial charge >= 0.3 is 0 Å². The Morgan fingerprint density at radius 3 is 2.40 bits per heavy atom. The summed E-state index contributed by atoms with van der Waals surface area (Å²) in [4.78, 5) is 29.7. The van der Waals surface area contributed by atoms with E-state index in [0.717, 1.165) is 37.4 Å². The number of pyridine rings is 3. The van der Waals surface area contributed by atoms with E-state index in [1.807, 2.05) is 0 Å². The minimum absolute atomic E-state index is 0.0660. The number of aromatic nitrogens is 5. The summed E-state index contributed by atoms with van der Waals surface area (Å²) in [6, 6.07) is 8.07. The molecule has 35 heavy (non-hydrogen) atoms. The highest BCUT2D eigenvalue weighted by Crippen LogP contribution is 2.22. The van der Waals surface area contributed by atoms with Gasteiger partial charge in [0.2, 0.25) is 9.84 Å². The van der Waals surface area contributed by atoms with E-state index in [1.54, 1.807) is 30.5 Å². The Hall–Kier alpha value is -3.90. The maximum Gasteiger partial charge on any atom is 0.253 e. The van der Waals surface area contributed by atoms with Gasteiger partial charge in [-0.3, -0.25) is 14.9 Å². The third-order valence-electron chi connectivity index (χ3n) is 5.95. The van der Waals surface area contributed by atoms with Gasteiger partial charge in [-0.05, 0) is 37.4 Å². The lowest BCUT2D eigenvalue weighted by Gasteiger charge is -2.33. The first-order chi connectivity index (χ1) is 16.9. The first-order valence-corrected chi connectivity index (χ1v) is 12.6. The number of hydrogen-bond donors (Lipinski definition) is 2. The number of nitrogens with one attached hydrogen (secondary N) is 2. The van der Waals surface area contributed by atoms with Crippen LogP contribution in [0.25, 0.3) is 11.0 Å². The molecule has 5 rings (SSSR count). The lowest BCUT2D eigenvalue weighted by Crippen LogP contribution is -2.44. The second-order valence-electron chi connectivity index (χ2n) is 8.35. The zero-order chi connectivity index (χ0) is 24.4. The van der Waals surface area contributed by atoms with E-state index in [2.05, 4.69) is 47.3 Å². The van der Waals surface area contributed by atoms with Crippen LogP contribution in [0.3, 0.4) is 0 Å². The van der Waals surface area contributed by atoms with Crippen LogP contribution in [-0.4, -0.2) is 77.6 Å². The molecular formula is C23H24N8O3S. The monoisotopic (exact) mass is 492 g/mol. The Labute approximate surface area is 202 Å². The number of anilines is 1. The fraction of sp³-hybridized carbons (Fsp3) is 0.261. The van der Waals surface area contributed by atoms with E-state index in [-0.39, 0.29) is 22.2 Å². The Kier molecular flexibility index (Phi) is 6.14. The van der Waals surface area contributed by atoms with Gasteiger partial charge in [0.05, 0.1) is 33.8 Å². The van der Waals surface area contributed by atoms with Gasteiger partial charge in [-0.25, -0.2) is 18.4 Å². The molecule has 2 N–H and O–H groups in total. The molecule has 0 spiro atoms. The first kappa shape index (κ1) is 22.9. The summed E-state index contributed by atoms with van der Waals surface area (Å²) < 4.78 is 26.1. The third-order valence-corrected chi connectivity index (χ3v) is 7.67. The van der Waals surface area contributed by atoms with Crippen LogP contribution in [0, 0.1) is 0 Å². The van der Waals surface area contributed by atoms with Crippen LogP contribution in [0.15, 0.2) is 64.9 Å². The van der Waals surface area contributed by atoms with E-state index in [4.69, 9.17) is 0 Å². The molecule has 1 aliphatic heterocycles. The SMILES string of the molecule is CN1CCN(c2ccc(S(=O)(=O)c3ccc(CNC(=O)c4cnc5[nH]ncc5c4)nc3)cn2)CC1. The largest absolute Gasteiger partial charge is 0.354 e. The number of hydrogen-bond acceptors (Lipinski definition) is 9. The second-order valence-corrected chi connectivity index (χ2v) is 10.3. The van der Waals surface area contributed by atoms with Crippen LogP contribution in [0.4, 0.5) is 5.82 Å². The molecule has 0 radical (unpaired) electrons. The van der Waals surface area contributed by atoms with Gasteiger partial charge in [0, 0.05) is 50.2 Å². The van der Waals surface area contributed by atoms with Gasteiger partial charge in [-0.2, -0.15) is 5.10 Å². The van der Waals surface area contributed by atoms with Crippen molar-refractivity contribution in [3.8, 4) is 0 Å². The number of amides is 1. The van der Waals surface area contributed by atoms with Crippen molar-refractivity contribution in [3.63, 3.8) is 0 Å². The number of sulfone groups is 1. The van der Waals surface area contributed by atoms with Crippen molar-refractivity contribution in [1.29, 1.82) is 0 Å². The lowest BCUT2D eigenvalue weighted by atomic mass is 10.2. The number of piperazine rings is 1. The molecular weight excluding hydrogens is 468 g/mol. The quantitative estimate of drug-likeness (QED) is 0.407. The Balaban J connectivity index is 1.23. The zero-order valence-electron chi connectivity index (χ0n) is 19.0. The molecule has 1 fully saturated rings. The Morgan fingerprint density at radius 2 is 1.71 bits per heavy atom. The molecule has 4 aromatic heterocycles. The minimum Gasteiger partial charge on any atom is -0.354 e. The molecule has 0 bridgehead atoms. The van der Waals surface area contributed by atoms with Crippen molar-refractivity contribution in [3.05, 3.63) is 66.4 Å². The zero-order valence-corrected chi connectivity index (χ0v) is 19.9. The number of H-pyrrole nitrogens is 1. The number of fused-ring (bicyclic) bond motifs is 1. The standard InChI is InChI=1S/C23H24N8O3S/c1-30-6-8-31(9-7-30)21-5-4-20(15-25-21)35(33,34)19-3-2-18(24-14-19)13-27-23(32)17-10-16-12-28-29-22(16)26-11-17/h2-5,10-12,14-15H,6-9,13H2,1H3,(H,27,32)(H,26,28,29). The average Bonchev–Trinajstić information content (AvgIpc) is 3.36. The molecule has 4 aromatic rings. The summed E-state index contributed by atoms with van der Waals surface area (Å²) in [5.41, 5.74) is 1.52. The van der Waals surface area contributed by atoms with Gasteiger partial charge in [0.25, 0.3) is 5.91 Å². The summed E-state index contributed by atoms with van der Waals surface area (Å²) in [7, 11) is -1.68. The van der Waals surface area contributed by atoms with Crippen molar-refractivity contribution >= 4 is 32.6 Å². The smallest absolute Gasteiger partial charge is 0.253 e. The summed E-state index contributed by atoms with van der Waals surface area (Å²) in [6.45, 7) is 3.73.